The molecular formula is C24H27N5O2S. The van der Waals surface area contributed by atoms with Gasteiger partial charge in [0.25, 0.3) is 5.91 Å². The Morgan fingerprint density at radius 1 is 1.00 bits per heavy atom. The van der Waals surface area contributed by atoms with Crippen LogP contribution in [0.25, 0.3) is 11.0 Å². The number of rotatable bonds is 7. The van der Waals surface area contributed by atoms with Gasteiger partial charge in [0.15, 0.2) is 0 Å². The molecule has 3 heterocycles. The highest BCUT2D eigenvalue weighted by atomic mass is 32.1. The summed E-state index contributed by atoms with van der Waals surface area (Å²) >= 11 is 1.24. The van der Waals surface area contributed by atoms with Gasteiger partial charge in [0.1, 0.15) is 16.6 Å². The summed E-state index contributed by atoms with van der Waals surface area (Å²) in [5.74, 6) is -0.0123. The van der Waals surface area contributed by atoms with Crippen LogP contribution in [-0.2, 0) is 17.8 Å². The maximum absolute atomic E-state index is 12.9. The van der Waals surface area contributed by atoms with E-state index in [1.165, 1.54) is 22.9 Å². The Labute approximate surface area is 191 Å². The molecule has 2 N–H and O–H groups in total. The van der Waals surface area contributed by atoms with Crippen LogP contribution in [0.15, 0.2) is 48.5 Å². The molecule has 2 aliphatic rings. The van der Waals surface area contributed by atoms with E-state index in [0.717, 1.165) is 56.4 Å². The highest BCUT2D eigenvalue weighted by Gasteiger charge is 2.51. The number of benzene rings is 2. The second-order valence-electron chi connectivity index (χ2n) is 8.86. The molecule has 2 aliphatic heterocycles. The van der Waals surface area contributed by atoms with E-state index in [4.69, 9.17) is 0 Å². The number of carbonyl (C=O) groups is 2. The van der Waals surface area contributed by atoms with Crippen LogP contribution in [0.1, 0.15) is 36.8 Å². The zero-order chi connectivity index (χ0) is 22.0. The van der Waals surface area contributed by atoms with Crippen molar-refractivity contribution in [3.05, 3.63) is 59.7 Å². The molecule has 5 rings (SSSR count). The van der Waals surface area contributed by atoms with Gasteiger partial charge in [-0.2, -0.15) is 8.75 Å². The molecule has 3 aromatic rings. The highest BCUT2D eigenvalue weighted by molar-refractivity contribution is 7.00. The van der Waals surface area contributed by atoms with Gasteiger partial charge >= 0.3 is 6.03 Å². The van der Waals surface area contributed by atoms with Crippen molar-refractivity contribution in [1.82, 2.24) is 24.3 Å². The van der Waals surface area contributed by atoms with E-state index in [-0.39, 0.29) is 17.9 Å². The largest absolute Gasteiger partial charge is 0.323 e. The summed E-state index contributed by atoms with van der Waals surface area (Å²) < 4.78 is 8.61. The first-order chi connectivity index (χ1) is 15.6. The predicted octanol–water partition coefficient (Wildman–Crippen LogP) is 3.50. The van der Waals surface area contributed by atoms with Crippen molar-refractivity contribution in [2.75, 3.05) is 13.1 Å². The maximum atomic E-state index is 12.9. The Hall–Kier alpha value is -2.84. The Bertz CT molecular complexity index is 1110. The van der Waals surface area contributed by atoms with Crippen molar-refractivity contribution >= 4 is 34.7 Å². The fraction of sp³-hybridized carbons (Fsp3) is 0.417. The first-order valence-corrected chi connectivity index (χ1v) is 12.0. The SMILES string of the molecule is O=C1NC(=O)[C@](CCCc2ccccc2)(C2CCN(Cc3ccc4nsnc4c3)CC2)N1. The predicted molar refractivity (Wildman–Crippen MR) is 124 cm³/mol. The fourth-order valence-electron chi connectivity index (χ4n) is 5.16. The molecule has 7 nitrogen and oxygen atoms in total. The second-order valence-corrected chi connectivity index (χ2v) is 9.38. The summed E-state index contributed by atoms with van der Waals surface area (Å²) in [7, 11) is 0. The molecule has 2 fully saturated rings. The maximum Gasteiger partial charge on any atom is 0.322 e. The summed E-state index contributed by atoms with van der Waals surface area (Å²) in [6.07, 6.45) is 4.20. The number of aryl methyl sites for hydroxylation is 1. The Balaban J connectivity index is 1.22. The number of hydrogen-bond donors (Lipinski definition) is 2. The third-order valence-corrected chi connectivity index (χ3v) is 7.41. The number of carbonyl (C=O) groups excluding carboxylic acids is 2. The lowest BCUT2D eigenvalue weighted by molar-refractivity contribution is -0.127. The van der Waals surface area contributed by atoms with E-state index >= 15 is 0 Å². The topological polar surface area (TPSA) is 87.2 Å². The molecule has 0 spiro atoms. The van der Waals surface area contributed by atoms with Crippen LogP contribution in [0, 0.1) is 5.92 Å². The lowest BCUT2D eigenvalue weighted by Gasteiger charge is -2.40. The normalized spacial score (nSPS) is 22.2. The molecular weight excluding hydrogens is 422 g/mol. The number of hydrogen-bond acceptors (Lipinski definition) is 6. The third kappa shape index (κ3) is 4.25. The lowest BCUT2D eigenvalue weighted by Crippen LogP contribution is -2.56. The average molecular weight is 450 g/mol. The number of fused-ring (bicyclic) bond motifs is 1. The summed E-state index contributed by atoms with van der Waals surface area (Å²) in [6.45, 7) is 2.67. The van der Waals surface area contributed by atoms with Crippen LogP contribution in [0.2, 0.25) is 0 Å². The van der Waals surface area contributed by atoms with E-state index < -0.39 is 5.54 Å². The van der Waals surface area contributed by atoms with E-state index in [9.17, 15) is 9.59 Å². The number of nitrogens with zero attached hydrogens (tertiary/aromatic N) is 3. The van der Waals surface area contributed by atoms with Crippen LogP contribution in [-0.4, -0.2) is 44.2 Å². The molecule has 0 radical (unpaired) electrons. The van der Waals surface area contributed by atoms with Gasteiger partial charge in [-0.25, -0.2) is 4.79 Å². The minimum atomic E-state index is -0.789. The third-order valence-electron chi connectivity index (χ3n) is 6.86. The quantitative estimate of drug-likeness (QED) is 0.539. The number of likely N-dealkylation sites (tertiary alicyclic amines) is 1. The van der Waals surface area contributed by atoms with Gasteiger partial charge in [-0.1, -0.05) is 36.4 Å². The van der Waals surface area contributed by atoms with Gasteiger partial charge in [0.2, 0.25) is 0 Å². The first-order valence-electron chi connectivity index (χ1n) is 11.2. The van der Waals surface area contributed by atoms with E-state index in [1.54, 1.807) is 0 Å². The van der Waals surface area contributed by atoms with Crippen LogP contribution in [0.3, 0.4) is 0 Å². The van der Waals surface area contributed by atoms with Crippen molar-refractivity contribution in [2.45, 2.75) is 44.2 Å². The standard InChI is InChI=1S/C24H27N5O2S/c30-22-24(26-23(31)25-22,12-4-7-17-5-2-1-3-6-17)19-10-13-29(14-11-19)16-18-8-9-20-21(15-18)28-32-27-20/h1-3,5-6,8-9,15,19H,4,7,10-14,16H2,(H2,25,26,30,31)/t24-/m0/s1. The van der Waals surface area contributed by atoms with Crippen molar-refractivity contribution in [2.24, 2.45) is 5.92 Å². The number of imide groups is 1. The van der Waals surface area contributed by atoms with Crippen LogP contribution >= 0.6 is 11.7 Å². The first kappa shape index (κ1) is 21.0. The number of urea groups is 1. The number of amides is 3. The second kappa shape index (κ2) is 8.96. The molecule has 1 aromatic heterocycles. The lowest BCUT2D eigenvalue weighted by atomic mass is 9.74. The van der Waals surface area contributed by atoms with Gasteiger partial charge in [-0.15, -0.1) is 0 Å². The van der Waals surface area contributed by atoms with Crippen molar-refractivity contribution in [1.29, 1.82) is 0 Å². The van der Waals surface area contributed by atoms with Crippen LogP contribution in [0.4, 0.5) is 4.79 Å². The van der Waals surface area contributed by atoms with Crippen molar-refractivity contribution < 1.29 is 9.59 Å². The zero-order valence-electron chi connectivity index (χ0n) is 17.9. The summed E-state index contributed by atoms with van der Waals surface area (Å²) in [6, 6.07) is 16.2. The fourth-order valence-corrected chi connectivity index (χ4v) is 5.67. The molecule has 0 bridgehead atoms. The molecule has 3 amide bonds. The summed E-state index contributed by atoms with van der Waals surface area (Å²) in [5, 5.41) is 5.53. The minimum Gasteiger partial charge on any atom is -0.323 e. The molecule has 0 unspecified atom stereocenters. The van der Waals surface area contributed by atoms with Crippen LogP contribution < -0.4 is 10.6 Å². The minimum absolute atomic E-state index is 0.145. The van der Waals surface area contributed by atoms with Gasteiger partial charge in [-0.3, -0.25) is 15.0 Å². The van der Waals surface area contributed by atoms with E-state index in [1.807, 2.05) is 24.3 Å². The number of piperidine rings is 1. The number of nitrogens with one attached hydrogen (secondary N) is 2. The molecule has 0 aliphatic carbocycles. The number of aromatic nitrogens is 2. The molecule has 2 aromatic carbocycles. The van der Waals surface area contributed by atoms with E-state index in [2.05, 4.69) is 48.5 Å². The summed E-state index contributed by atoms with van der Waals surface area (Å²) in [4.78, 5) is 27.4. The molecule has 0 saturated carbocycles. The van der Waals surface area contributed by atoms with Crippen LogP contribution in [0.5, 0.6) is 0 Å². The molecule has 1 atom stereocenters. The van der Waals surface area contributed by atoms with Gasteiger partial charge in [0.05, 0.1) is 11.7 Å². The Kier molecular flexibility index (Phi) is 5.89. The molecule has 2 saturated heterocycles. The van der Waals surface area contributed by atoms with Crippen molar-refractivity contribution in [3.63, 3.8) is 0 Å². The van der Waals surface area contributed by atoms with E-state index in [0.29, 0.717) is 6.42 Å². The van der Waals surface area contributed by atoms with Crippen molar-refractivity contribution in [3.8, 4) is 0 Å². The average Bonchev–Trinajstić information content (AvgIpc) is 3.38. The Morgan fingerprint density at radius 2 is 1.78 bits per heavy atom. The summed E-state index contributed by atoms with van der Waals surface area (Å²) in [5.41, 5.74) is 3.59. The van der Waals surface area contributed by atoms with Gasteiger partial charge in [-0.05, 0) is 74.4 Å². The highest BCUT2D eigenvalue weighted by Crippen LogP contribution is 2.35. The van der Waals surface area contributed by atoms with Gasteiger partial charge < -0.3 is 5.32 Å². The smallest absolute Gasteiger partial charge is 0.322 e. The molecule has 8 heteroatoms. The Morgan fingerprint density at radius 3 is 2.53 bits per heavy atom. The zero-order valence-corrected chi connectivity index (χ0v) is 18.7. The monoisotopic (exact) mass is 449 g/mol. The molecule has 166 valence electrons. The molecule has 32 heavy (non-hydrogen) atoms. The van der Waals surface area contributed by atoms with Gasteiger partial charge in [0, 0.05) is 6.54 Å².